The van der Waals surface area contributed by atoms with Crippen molar-refractivity contribution in [2.45, 2.75) is 49.9 Å². The molecule has 2 aromatic heterocycles. The minimum atomic E-state index is -1.93. The molecule has 0 spiro atoms. The van der Waals surface area contributed by atoms with Gasteiger partial charge in [-0.05, 0) is 67.9 Å². The summed E-state index contributed by atoms with van der Waals surface area (Å²) in [7, 11) is 0. The van der Waals surface area contributed by atoms with E-state index in [9.17, 15) is 24.3 Å². The lowest BCUT2D eigenvalue weighted by Crippen LogP contribution is -2.43. The number of aromatic nitrogens is 4. The predicted molar refractivity (Wildman–Crippen MR) is 184 cm³/mol. The van der Waals surface area contributed by atoms with Crippen molar-refractivity contribution >= 4 is 23.5 Å². The molecule has 3 heterocycles. The molecule has 0 amide bonds. The SMILES string of the molecule is C[C@@H](c1nc(-c2ccc(C#N)cc2)cs1)[C@@](Cn1cncn1)(OC(=O)OCOC(=O)c1cccc(CC2(O)CCNCC2)c1)c1ccc(F)cc1F. The summed E-state index contributed by atoms with van der Waals surface area (Å²) in [6.07, 6.45) is 2.81. The van der Waals surface area contributed by atoms with Gasteiger partial charge in [0, 0.05) is 29.0 Å². The maximum absolute atomic E-state index is 15.7. The summed E-state index contributed by atoms with van der Waals surface area (Å²) in [6, 6.07) is 18.4. The topological polar surface area (TPSA) is 161 Å². The van der Waals surface area contributed by atoms with Crippen molar-refractivity contribution in [3.63, 3.8) is 0 Å². The first-order valence-electron chi connectivity index (χ1n) is 16.4. The van der Waals surface area contributed by atoms with Crippen molar-refractivity contribution in [3.05, 3.63) is 124 Å². The maximum atomic E-state index is 15.7. The van der Waals surface area contributed by atoms with Gasteiger partial charge < -0.3 is 24.6 Å². The Kier molecular flexibility index (Phi) is 11.0. The number of ether oxygens (including phenoxy) is 3. The zero-order valence-corrected chi connectivity index (χ0v) is 28.8. The fraction of sp³-hybridized carbons (Fsp3) is 0.297. The van der Waals surface area contributed by atoms with Gasteiger partial charge in [0.15, 0.2) is 5.60 Å². The summed E-state index contributed by atoms with van der Waals surface area (Å²) in [4.78, 5) is 35.1. The van der Waals surface area contributed by atoms with Crippen LogP contribution in [0.1, 0.15) is 57.7 Å². The number of thiazole rings is 1. The van der Waals surface area contributed by atoms with Gasteiger partial charge in [-0.2, -0.15) is 10.4 Å². The summed E-state index contributed by atoms with van der Waals surface area (Å²) >= 11 is 1.23. The number of hydrogen-bond acceptors (Lipinski definition) is 12. The Morgan fingerprint density at radius 1 is 1.12 bits per heavy atom. The van der Waals surface area contributed by atoms with Gasteiger partial charge in [-0.1, -0.05) is 31.2 Å². The first-order chi connectivity index (χ1) is 25.1. The number of aliphatic hydroxyl groups is 1. The highest BCUT2D eigenvalue weighted by atomic mass is 32.1. The third-order valence-electron chi connectivity index (χ3n) is 9.01. The van der Waals surface area contributed by atoms with Crippen LogP contribution < -0.4 is 5.32 Å². The van der Waals surface area contributed by atoms with Crippen molar-refractivity contribution in [2.24, 2.45) is 0 Å². The van der Waals surface area contributed by atoms with Gasteiger partial charge in [-0.15, -0.1) is 11.3 Å². The fourth-order valence-electron chi connectivity index (χ4n) is 6.20. The standard InChI is InChI=1S/C37H34F2N6O6S/c1-24(33-44-32(19-52-33)27-7-5-25(18-40)6-8-27)37(20-45-22-42-21-43-45,30-10-9-29(38)16-31(30)39)51-35(47)50-23-49-34(46)28-4-2-3-26(15-28)17-36(48)11-13-41-14-12-36/h2-10,15-16,19,21-22,24,41,48H,11-14,17,20,23H2,1H3/t24-,37+/m0/s1. The minimum absolute atomic E-state index is 0.187. The summed E-state index contributed by atoms with van der Waals surface area (Å²) in [6.45, 7) is 1.94. The van der Waals surface area contributed by atoms with E-state index in [2.05, 4.69) is 21.5 Å². The third-order valence-corrected chi connectivity index (χ3v) is 10.0. The van der Waals surface area contributed by atoms with Crippen LogP contribution in [0.5, 0.6) is 0 Å². The molecule has 15 heteroatoms. The second kappa shape index (κ2) is 15.8. The number of rotatable bonds is 12. The van der Waals surface area contributed by atoms with Gasteiger partial charge in [0.1, 0.15) is 29.3 Å². The monoisotopic (exact) mass is 728 g/mol. The van der Waals surface area contributed by atoms with E-state index in [1.165, 1.54) is 34.7 Å². The summed E-state index contributed by atoms with van der Waals surface area (Å²) in [5, 5.41) is 29.7. The van der Waals surface area contributed by atoms with E-state index < -0.39 is 47.7 Å². The Hall–Kier alpha value is -5.56. The van der Waals surface area contributed by atoms with Gasteiger partial charge in [-0.3, -0.25) is 0 Å². The normalized spacial score (nSPS) is 15.5. The van der Waals surface area contributed by atoms with Crippen LogP contribution in [-0.2, 0) is 32.8 Å². The van der Waals surface area contributed by atoms with Crippen LogP contribution in [0, 0.1) is 23.0 Å². The average molecular weight is 729 g/mol. The number of carbonyl (C=O) groups is 2. The summed E-state index contributed by atoms with van der Waals surface area (Å²) < 4.78 is 47.7. The van der Waals surface area contributed by atoms with E-state index in [4.69, 9.17) is 19.2 Å². The number of hydrogen-bond donors (Lipinski definition) is 2. The molecule has 12 nitrogen and oxygen atoms in total. The average Bonchev–Trinajstić information content (AvgIpc) is 3.84. The Labute approximate surface area is 301 Å². The second-order valence-electron chi connectivity index (χ2n) is 12.5. The molecule has 0 aliphatic carbocycles. The fourth-order valence-corrected chi connectivity index (χ4v) is 7.17. The molecule has 2 atom stereocenters. The van der Waals surface area contributed by atoms with Crippen molar-refractivity contribution in [3.8, 4) is 17.3 Å². The van der Waals surface area contributed by atoms with Gasteiger partial charge in [0.05, 0.1) is 41.0 Å². The molecule has 1 fully saturated rings. The van der Waals surface area contributed by atoms with Crippen LogP contribution in [0.15, 0.2) is 84.8 Å². The van der Waals surface area contributed by atoms with Crippen molar-refractivity contribution < 1.29 is 37.7 Å². The largest absolute Gasteiger partial charge is 0.512 e. The zero-order chi connectivity index (χ0) is 36.7. The molecule has 0 saturated carbocycles. The van der Waals surface area contributed by atoms with E-state index in [0.29, 0.717) is 54.7 Å². The summed E-state index contributed by atoms with van der Waals surface area (Å²) in [5.41, 5.74) is -0.307. The number of halogens is 2. The Morgan fingerprint density at radius 2 is 1.90 bits per heavy atom. The lowest BCUT2D eigenvalue weighted by molar-refractivity contribution is -0.0882. The minimum Gasteiger partial charge on any atom is -0.424 e. The molecule has 0 unspecified atom stereocenters. The molecule has 5 aromatic rings. The maximum Gasteiger partial charge on any atom is 0.512 e. The van der Waals surface area contributed by atoms with E-state index in [0.717, 1.165) is 17.2 Å². The quantitative estimate of drug-likeness (QED) is 0.117. The third kappa shape index (κ3) is 8.31. The Morgan fingerprint density at radius 3 is 2.62 bits per heavy atom. The van der Waals surface area contributed by atoms with Crippen LogP contribution >= 0.6 is 11.3 Å². The van der Waals surface area contributed by atoms with Crippen LogP contribution in [0.3, 0.4) is 0 Å². The Balaban J connectivity index is 1.23. The number of piperidine rings is 1. The number of benzene rings is 3. The molecular formula is C37H34F2N6O6S. The van der Waals surface area contributed by atoms with Gasteiger partial charge in [0.25, 0.3) is 0 Å². The lowest BCUT2D eigenvalue weighted by atomic mass is 9.81. The molecule has 1 aliphatic heterocycles. The highest BCUT2D eigenvalue weighted by Gasteiger charge is 2.47. The number of nitrogens with zero attached hydrogens (tertiary/aromatic N) is 5. The van der Waals surface area contributed by atoms with Crippen LogP contribution in [0.4, 0.5) is 13.6 Å². The second-order valence-corrected chi connectivity index (χ2v) is 13.4. The smallest absolute Gasteiger partial charge is 0.424 e. The molecule has 3 aromatic carbocycles. The van der Waals surface area contributed by atoms with Crippen molar-refractivity contribution in [1.82, 2.24) is 25.1 Å². The van der Waals surface area contributed by atoms with Crippen molar-refractivity contribution in [2.75, 3.05) is 19.9 Å². The zero-order valence-electron chi connectivity index (χ0n) is 28.0. The lowest BCUT2D eigenvalue weighted by Gasteiger charge is -2.37. The van der Waals surface area contributed by atoms with E-state index in [1.54, 1.807) is 54.8 Å². The molecule has 1 aliphatic rings. The Bertz CT molecular complexity index is 2060. The number of esters is 1. The first-order valence-corrected chi connectivity index (χ1v) is 17.2. The molecule has 6 rings (SSSR count). The summed E-state index contributed by atoms with van der Waals surface area (Å²) in [5.74, 6) is -3.51. The molecular weight excluding hydrogens is 695 g/mol. The number of nitriles is 1. The molecule has 2 N–H and O–H groups in total. The van der Waals surface area contributed by atoms with Gasteiger partial charge in [0.2, 0.25) is 6.79 Å². The van der Waals surface area contributed by atoms with Crippen LogP contribution in [-0.4, -0.2) is 62.5 Å². The molecule has 0 bridgehead atoms. The highest BCUT2D eigenvalue weighted by Crippen LogP contribution is 2.45. The predicted octanol–water partition coefficient (Wildman–Crippen LogP) is 5.88. The highest BCUT2D eigenvalue weighted by molar-refractivity contribution is 7.10. The molecule has 1 saturated heterocycles. The van der Waals surface area contributed by atoms with E-state index in [-0.39, 0.29) is 17.7 Å². The van der Waals surface area contributed by atoms with Crippen LogP contribution in [0.25, 0.3) is 11.3 Å². The van der Waals surface area contributed by atoms with E-state index in [1.807, 2.05) is 6.07 Å². The van der Waals surface area contributed by atoms with E-state index >= 15 is 4.39 Å². The van der Waals surface area contributed by atoms with Crippen LogP contribution in [0.2, 0.25) is 0 Å². The molecule has 268 valence electrons. The van der Waals surface area contributed by atoms with Gasteiger partial charge in [-0.25, -0.2) is 33.0 Å². The van der Waals surface area contributed by atoms with Crippen molar-refractivity contribution in [1.29, 1.82) is 5.26 Å². The number of nitrogens with one attached hydrogen (secondary N) is 1. The molecule has 52 heavy (non-hydrogen) atoms. The number of carbonyl (C=O) groups excluding carboxylic acids is 2. The molecule has 0 radical (unpaired) electrons. The first kappa shape index (κ1) is 36.2. The van der Waals surface area contributed by atoms with Gasteiger partial charge >= 0.3 is 12.1 Å².